The lowest BCUT2D eigenvalue weighted by Gasteiger charge is -2.40. The first-order chi connectivity index (χ1) is 15.0. The Morgan fingerprint density at radius 1 is 1.10 bits per heavy atom. The molecule has 1 fully saturated rings. The van der Waals surface area contributed by atoms with Crippen molar-refractivity contribution in [1.82, 2.24) is 14.8 Å². The summed E-state index contributed by atoms with van der Waals surface area (Å²) >= 11 is 12.0. The zero-order valence-electron chi connectivity index (χ0n) is 17.1. The molecule has 1 aromatic heterocycles. The number of benzene rings is 1. The van der Waals surface area contributed by atoms with Crippen LogP contribution in [0.3, 0.4) is 0 Å². The minimum Gasteiger partial charge on any atom is -0.344 e. The minimum atomic E-state index is -0.356. The fourth-order valence-corrected chi connectivity index (χ4v) is 4.37. The second-order valence-corrected chi connectivity index (χ2v) is 8.60. The van der Waals surface area contributed by atoms with E-state index in [1.807, 2.05) is 51.1 Å². The van der Waals surface area contributed by atoms with Gasteiger partial charge in [-0.2, -0.15) is 0 Å². The van der Waals surface area contributed by atoms with Gasteiger partial charge in [0.15, 0.2) is 0 Å². The monoisotopic (exact) mass is 458 g/mol. The molecule has 2 aliphatic rings. The number of piperazine rings is 1. The molecule has 0 aliphatic carbocycles. The highest BCUT2D eigenvalue weighted by molar-refractivity contribution is 6.30. The molecule has 162 valence electrons. The molecule has 0 saturated carbocycles. The average Bonchev–Trinajstić information content (AvgIpc) is 2.79. The first-order valence-electron chi connectivity index (χ1n) is 10.3. The Labute approximate surface area is 192 Å². The van der Waals surface area contributed by atoms with Crippen molar-refractivity contribution in [2.75, 3.05) is 44.2 Å². The topological polar surface area (TPSA) is 56.8 Å². The van der Waals surface area contributed by atoms with Crippen LogP contribution in [-0.2, 0) is 9.59 Å². The third-order valence-electron chi connectivity index (χ3n) is 5.79. The van der Waals surface area contributed by atoms with Crippen molar-refractivity contribution in [2.24, 2.45) is 0 Å². The lowest BCUT2D eigenvalue weighted by molar-refractivity contribution is -0.132. The van der Waals surface area contributed by atoms with E-state index in [2.05, 4.69) is 11.1 Å². The van der Waals surface area contributed by atoms with Gasteiger partial charge in [0.05, 0.1) is 12.6 Å². The van der Waals surface area contributed by atoms with Gasteiger partial charge >= 0.3 is 0 Å². The second-order valence-electron chi connectivity index (χ2n) is 7.78. The van der Waals surface area contributed by atoms with E-state index in [0.717, 1.165) is 23.3 Å². The molecule has 0 N–H and O–H groups in total. The maximum Gasteiger partial charge on any atom is 0.237 e. The van der Waals surface area contributed by atoms with Crippen LogP contribution in [-0.4, -0.2) is 72.3 Å². The van der Waals surface area contributed by atoms with Gasteiger partial charge in [0.2, 0.25) is 5.91 Å². The van der Waals surface area contributed by atoms with Crippen LogP contribution in [0, 0.1) is 0 Å². The number of carbonyl (C=O) groups excluding carboxylic acids is 2. The van der Waals surface area contributed by atoms with E-state index in [1.54, 1.807) is 6.07 Å². The van der Waals surface area contributed by atoms with Crippen molar-refractivity contribution in [3.63, 3.8) is 0 Å². The number of rotatable bonds is 5. The van der Waals surface area contributed by atoms with E-state index in [1.165, 1.54) is 5.57 Å². The summed E-state index contributed by atoms with van der Waals surface area (Å²) in [5.41, 5.74) is 2.39. The predicted molar refractivity (Wildman–Crippen MR) is 124 cm³/mol. The summed E-state index contributed by atoms with van der Waals surface area (Å²) in [7, 11) is 0. The summed E-state index contributed by atoms with van der Waals surface area (Å²) in [6, 6.07) is 12.8. The number of amides is 1. The Hall–Kier alpha value is -2.41. The number of aldehydes is 1. The average molecular weight is 459 g/mol. The van der Waals surface area contributed by atoms with E-state index in [0.29, 0.717) is 50.2 Å². The Kier molecular flexibility index (Phi) is 6.90. The molecule has 4 rings (SSSR count). The fraction of sp³-hybridized carbons (Fsp3) is 0.348. The molecular formula is C23H24Cl2N4O2. The number of halogens is 2. The Morgan fingerprint density at radius 3 is 2.58 bits per heavy atom. The molecule has 8 heteroatoms. The number of nitrogens with zero attached hydrogens (tertiary/aromatic N) is 4. The largest absolute Gasteiger partial charge is 0.344 e. The Bertz CT molecular complexity index is 980. The molecule has 0 radical (unpaired) electrons. The van der Waals surface area contributed by atoms with E-state index in [4.69, 9.17) is 23.2 Å². The van der Waals surface area contributed by atoms with Crippen molar-refractivity contribution < 1.29 is 9.59 Å². The van der Waals surface area contributed by atoms with Gasteiger partial charge in [0, 0.05) is 37.7 Å². The van der Waals surface area contributed by atoms with Gasteiger partial charge in [-0.25, -0.2) is 4.98 Å². The van der Waals surface area contributed by atoms with E-state index in [9.17, 15) is 9.59 Å². The summed E-state index contributed by atoms with van der Waals surface area (Å²) in [4.78, 5) is 34.7. The fourth-order valence-electron chi connectivity index (χ4n) is 4.08. The zero-order chi connectivity index (χ0) is 21.8. The highest BCUT2D eigenvalue weighted by Gasteiger charge is 2.30. The van der Waals surface area contributed by atoms with Crippen molar-refractivity contribution >= 4 is 46.8 Å². The number of carbonyl (C=O) groups is 2. The molecule has 2 aromatic rings. The summed E-state index contributed by atoms with van der Waals surface area (Å²) < 4.78 is 0. The van der Waals surface area contributed by atoms with Crippen LogP contribution < -0.4 is 4.90 Å². The van der Waals surface area contributed by atoms with Gasteiger partial charge in [-0.05, 0) is 41.8 Å². The van der Waals surface area contributed by atoms with Crippen LogP contribution in [0.5, 0.6) is 0 Å². The number of pyridine rings is 1. The highest BCUT2D eigenvalue weighted by atomic mass is 35.5. The second kappa shape index (κ2) is 9.81. The third-order valence-corrected chi connectivity index (χ3v) is 6.25. The van der Waals surface area contributed by atoms with Crippen molar-refractivity contribution in [2.45, 2.75) is 12.5 Å². The molecular weight excluding hydrogens is 435 g/mol. The molecule has 1 atom stereocenters. The summed E-state index contributed by atoms with van der Waals surface area (Å²) in [5.74, 6) is 0.775. The minimum absolute atomic E-state index is 0.0883. The molecule has 3 heterocycles. The molecule has 1 amide bonds. The lowest BCUT2D eigenvalue weighted by Crippen LogP contribution is -2.56. The number of anilines is 1. The smallest absolute Gasteiger partial charge is 0.237 e. The van der Waals surface area contributed by atoms with Crippen molar-refractivity contribution in [3.05, 3.63) is 64.3 Å². The molecule has 2 aliphatic heterocycles. The quantitative estimate of drug-likeness (QED) is 0.507. The van der Waals surface area contributed by atoms with E-state index in [-0.39, 0.29) is 11.9 Å². The van der Waals surface area contributed by atoms with Crippen LogP contribution in [0.4, 0.5) is 5.82 Å². The van der Waals surface area contributed by atoms with Gasteiger partial charge in [0.25, 0.3) is 0 Å². The SMILES string of the molecule is O=CC1CN(CC(=O)N2CC=C(c3ccc(Cl)cc3)CC2)CCN1c1cccc(Cl)n1. The zero-order valence-corrected chi connectivity index (χ0v) is 18.6. The predicted octanol–water partition coefficient (Wildman–Crippen LogP) is 3.39. The Balaban J connectivity index is 1.33. The highest BCUT2D eigenvalue weighted by Crippen LogP contribution is 2.24. The van der Waals surface area contributed by atoms with Crippen LogP contribution in [0.25, 0.3) is 5.57 Å². The van der Waals surface area contributed by atoms with E-state index < -0.39 is 0 Å². The van der Waals surface area contributed by atoms with Crippen LogP contribution in [0.15, 0.2) is 48.5 Å². The van der Waals surface area contributed by atoms with Gasteiger partial charge in [-0.3, -0.25) is 9.69 Å². The molecule has 1 saturated heterocycles. The first kappa shape index (κ1) is 21.8. The number of hydrogen-bond donors (Lipinski definition) is 0. The van der Waals surface area contributed by atoms with Crippen LogP contribution in [0.2, 0.25) is 10.2 Å². The van der Waals surface area contributed by atoms with Crippen molar-refractivity contribution in [3.8, 4) is 0 Å². The molecule has 0 bridgehead atoms. The molecule has 1 unspecified atom stereocenters. The van der Waals surface area contributed by atoms with Crippen molar-refractivity contribution in [1.29, 1.82) is 0 Å². The lowest BCUT2D eigenvalue weighted by atomic mass is 9.99. The molecule has 31 heavy (non-hydrogen) atoms. The van der Waals surface area contributed by atoms with Gasteiger partial charge in [-0.15, -0.1) is 0 Å². The summed E-state index contributed by atoms with van der Waals surface area (Å²) in [5, 5.41) is 1.12. The first-order valence-corrected chi connectivity index (χ1v) is 11.1. The maximum atomic E-state index is 12.9. The van der Waals surface area contributed by atoms with Crippen LogP contribution >= 0.6 is 23.2 Å². The van der Waals surface area contributed by atoms with Gasteiger partial charge in [-0.1, -0.05) is 47.5 Å². The van der Waals surface area contributed by atoms with Gasteiger partial charge in [0.1, 0.15) is 17.3 Å². The molecule has 0 spiro atoms. The normalized spacial score (nSPS) is 19.8. The summed E-state index contributed by atoms with van der Waals surface area (Å²) in [6.07, 6.45) is 3.85. The number of aromatic nitrogens is 1. The summed E-state index contributed by atoms with van der Waals surface area (Å²) in [6.45, 7) is 3.39. The maximum absolute atomic E-state index is 12.9. The Morgan fingerprint density at radius 2 is 1.90 bits per heavy atom. The third kappa shape index (κ3) is 5.26. The molecule has 6 nitrogen and oxygen atoms in total. The van der Waals surface area contributed by atoms with Gasteiger partial charge < -0.3 is 14.6 Å². The molecule has 1 aromatic carbocycles. The van der Waals surface area contributed by atoms with Crippen LogP contribution in [0.1, 0.15) is 12.0 Å². The standard InChI is InChI=1S/C23H24Cl2N4O2/c24-19-6-4-17(5-7-19)18-8-10-28(11-9-18)23(31)15-27-12-13-29(20(14-27)16-30)22-3-1-2-21(25)26-22/h1-8,16,20H,9-15H2. The number of hydrogen-bond acceptors (Lipinski definition) is 5. The van der Waals surface area contributed by atoms with E-state index >= 15 is 0 Å².